The molecule has 334 valence electrons. The summed E-state index contributed by atoms with van der Waals surface area (Å²) in [5.74, 6) is -3.83. The molecule has 22 heteroatoms. The predicted octanol–water partition coefficient (Wildman–Crippen LogP) is 5.77. The number of hydrogen-bond donors (Lipinski definition) is 2. The Morgan fingerprint density at radius 3 is 2.44 bits per heavy atom. The number of ether oxygens (including phenoxy) is 5. The molecule has 2 saturated heterocycles. The molecule has 1 unspecified atom stereocenters. The van der Waals surface area contributed by atoms with Crippen molar-refractivity contribution in [1.29, 1.82) is 5.26 Å². The minimum atomic E-state index is -4.60. The van der Waals surface area contributed by atoms with E-state index < -0.39 is 66.1 Å². The van der Waals surface area contributed by atoms with E-state index in [1.54, 1.807) is 25.2 Å². The number of phosphoric acid groups is 1. The van der Waals surface area contributed by atoms with Crippen LogP contribution in [0.25, 0.3) is 6.08 Å². The van der Waals surface area contributed by atoms with Crippen LogP contribution in [0.15, 0.2) is 67.3 Å². The second kappa shape index (κ2) is 22.3. The number of rotatable bonds is 18. The van der Waals surface area contributed by atoms with E-state index in [1.165, 1.54) is 59.1 Å². The van der Waals surface area contributed by atoms with Gasteiger partial charge in [0.25, 0.3) is 0 Å². The minimum absolute atomic E-state index is 0.135. The van der Waals surface area contributed by atoms with Crippen LogP contribution in [0.1, 0.15) is 56.2 Å². The molecule has 17 nitrogen and oxygen atoms in total. The zero-order chi connectivity index (χ0) is 44.9. The van der Waals surface area contributed by atoms with E-state index in [0.29, 0.717) is 32.0 Å². The zero-order valence-electron chi connectivity index (χ0n) is 33.6. The first-order valence-corrected chi connectivity index (χ1v) is 21.8. The van der Waals surface area contributed by atoms with Crippen molar-refractivity contribution in [3.05, 3.63) is 101 Å². The number of hydrogen-bond acceptors (Lipinski definition) is 14. The van der Waals surface area contributed by atoms with E-state index in [9.17, 15) is 27.7 Å². The second-order valence-corrected chi connectivity index (χ2v) is 17.2. The number of piperidine rings is 1. The van der Waals surface area contributed by atoms with Crippen molar-refractivity contribution in [2.75, 3.05) is 32.9 Å². The molecule has 0 radical (unpaired) electrons. The van der Waals surface area contributed by atoms with Crippen LogP contribution < -0.4 is 0 Å². The largest absolute Gasteiger partial charge is 0.512 e. The molecule has 2 fully saturated rings. The molecular weight excluding hydrogens is 862 g/mol. The molecule has 2 aliphatic rings. The van der Waals surface area contributed by atoms with Crippen molar-refractivity contribution in [3.63, 3.8) is 0 Å². The first-order valence-electron chi connectivity index (χ1n) is 19.3. The lowest BCUT2D eigenvalue weighted by molar-refractivity contribution is -0.172. The van der Waals surface area contributed by atoms with E-state index in [0.717, 1.165) is 18.2 Å². The van der Waals surface area contributed by atoms with Gasteiger partial charge >= 0.3 is 19.9 Å². The van der Waals surface area contributed by atoms with Gasteiger partial charge in [0.15, 0.2) is 11.9 Å². The molecule has 0 aliphatic carbocycles. The molecule has 5 rings (SSSR count). The number of aromatic nitrogens is 3. The molecular formula is C40H45F3N5O12PS. The quantitative estimate of drug-likeness (QED) is 0.0670. The van der Waals surface area contributed by atoms with Gasteiger partial charge in [-0.3, -0.25) is 14.1 Å². The third kappa shape index (κ3) is 14.2. The number of nitriles is 1. The number of nitrogens with zero attached hydrogens (tertiary/aromatic N) is 5. The van der Waals surface area contributed by atoms with Gasteiger partial charge in [-0.05, 0) is 56.0 Å². The Morgan fingerprint density at radius 2 is 1.79 bits per heavy atom. The standard InChI is InChI=1S/C40H45F3N5O12PS/c1-26(62-32-21-55-38(56-22-32)6-4-3-5-30-8-7-29(19-44)17-34(30)42)40(23-48-25-45-24-46-48,33-10-9-31(41)18-35(33)43)60-39(51)59-27(2)58-37(50)12-11-36(49)47-15-13-28(14-16-47)20-57-61(52,53)54/h3-10,17-18,24-28,32,38H,11-16,20-23H2,1-2H3,(H2,52,53,54)/b5-3+,6-4+/t26-,27?,32?,38?,40-/m1/s1. The third-order valence-corrected chi connectivity index (χ3v) is 11.7. The number of esters is 1. The summed E-state index contributed by atoms with van der Waals surface area (Å²) in [7, 11) is -4.60. The van der Waals surface area contributed by atoms with Gasteiger partial charge in [0.2, 0.25) is 12.2 Å². The summed E-state index contributed by atoms with van der Waals surface area (Å²) in [6.07, 6.45) is 5.52. The number of allylic oxidation sites excluding steroid dienone is 2. The maximum atomic E-state index is 15.8. The fraction of sp³-hybridized carbons (Fsp3) is 0.450. The summed E-state index contributed by atoms with van der Waals surface area (Å²) in [6, 6.07) is 8.77. The topological polar surface area (TPSA) is 222 Å². The van der Waals surface area contributed by atoms with Crippen molar-refractivity contribution in [3.8, 4) is 6.07 Å². The Morgan fingerprint density at radius 1 is 1.05 bits per heavy atom. The fourth-order valence-corrected chi connectivity index (χ4v) is 8.39. The number of halogens is 3. The van der Waals surface area contributed by atoms with Crippen molar-refractivity contribution in [1.82, 2.24) is 19.7 Å². The van der Waals surface area contributed by atoms with Crippen LogP contribution in [0.4, 0.5) is 18.0 Å². The molecule has 2 aliphatic heterocycles. The van der Waals surface area contributed by atoms with Gasteiger partial charge in [0, 0.05) is 48.9 Å². The number of benzene rings is 2. The first kappa shape index (κ1) is 48.0. The molecule has 2 N–H and O–H groups in total. The van der Waals surface area contributed by atoms with Gasteiger partial charge in [-0.25, -0.2) is 32.2 Å². The van der Waals surface area contributed by atoms with Gasteiger partial charge in [-0.15, -0.1) is 11.8 Å². The van der Waals surface area contributed by atoms with Gasteiger partial charge in [0.1, 0.15) is 30.1 Å². The second-order valence-electron chi connectivity index (χ2n) is 14.3. The molecule has 3 heterocycles. The first-order chi connectivity index (χ1) is 29.5. The lowest BCUT2D eigenvalue weighted by Crippen LogP contribution is -2.47. The van der Waals surface area contributed by atoms with E-state index in [-0.39, 0.29) is 67.7 Å². The lowest BCUT2D eigenvalue weighted by atomic mass is 9.89. The van der Waals surface area contributed by atoms with Crippen LogP contribution in [-0.4, -0.2) is 103 Å². The molecule has 0 spiro atoms. The molecule has 62 heavy (non-hydrogen) atoms. The molecule has 0 saturated carbocycles. The highest BCUT2D eigenvalue weighted by Gasteiger charge is 2.47. The number of likely N-dealkylation sites (tertiary alicyclic amines) is 1. The lowest BCUT2D eigenvalue weighted by Gasteiger charge is -2.40. The smallest absolute Gasteiger partial charge is 0.425 e. The Hall–Kier alpha value is -5.07. The number of amides is 1. The van der Waals surface area contributed by atoms with Crippen LogP contribution in [0.5, 0.6) is 0 Å². The van der Waals surface area contributed by atoms with E-state index >= 15 is 4.39 Å². The third-order valence-electron chi connectivity index (χ3n) is 9.79. The number of carbonyl (C=O) groups excluding carboxylic acids is 3. The summed E-state index contributed by atoms with van der Waals surface area (Å²) in [4.78, 5) is 62.3. The Balaban J connectivity index is 1.19. The molecule has 2 aromatic carbocycles. The average molecular weight is 908 g/mol. The summed E-state index contributed by atoms with van der Waals surface area (Å²) >= 11 is 1.22. The average Bonchev–Trinajstić information content (AvgIpc) is 3.74. The van der Waals surface area contributed by atoms with Crippen molar-refractivity contribution in [2.45, 2.75) is 74.8 Å². The predicted molar refractivity (Wildman–Crippen MR) is 214 cm³/mol. The monoisotopic (exact) mass is 907 g/mol. The summed E-state index contributed by atoms with van der Waals surface area (Å²) < 4.78 is 89.3. The zero-order valence-corrected chi connectivity index (χ0v) is 35.3. The van der Waals surface area contributed by atoms with E-state index in [4.69, 9.17) is 38.7 Å². The highest BCUT2D eigenvalue weighted by atomic mass is 32.2. The van der Waals surface area contributed by atoms with Gasteiger partial charge < -0.3 is 38.4 Å². The molecule has 1 aromatic heterocycles. The number of thioether (sulfide) groups is 1. The summed E-state index contributed by atoms with van der Waals surface area (Å²) in [5, 5.41) is 11.8. The highest BCUT2D eigenvalue weighted by Crippen LogP contribution is 2.42. The molecule has 1 amide bonds. The van der Waals surface area contributed by atoms with Crippen LogP contribution in [0.3, 0.4) is 0 Å². The van der Waals surface area contributed by atoms with Crippen molar-refractivity contribution < 1.29 is 70.1 Å². The fourth-order valence-electron chi connectivity index (χ4n) is 6.62. The summed E-state index contributed by atoms with van der Waals surface area (Å²) in [6.45, 7) is 3.30. The number of phosphoric ester groups is 1. The Bertz CT molecular complexity index is 2160. The molecule has 3 atom stereocenters. The van der Waals surface area contributed by atoms with Crippen molar-refractivity contribution in [2.24, 2.45) is 5.92 Å². The van der Waals surface area contributed by atoms with Crippen LogP contribution >= 0.6 is 19.6 Å². The maximum Gasteiger partial charge on any atom is 0.512 e. The highest BCUT2D eigenvalue weighted by molar-refractivity contribution is 8.00. The normalized spacial score (nSPS) is 19.4. The Kier molecular flexibility index (Phi) is 17.3. The van der Waals surface area contributed by atoms with Crippen LogP contribution in [0.2, 0.25) is 0 Å². The van der Waals surface area contributed by atoms with Gasteiger partial charge in [0.05, 0.1) is 49.7 Å². The Labute approximate surface area is 359 Å². The minimum Gasteiger partial charge on any atom is -0.425 e. The van der Waals surface area contributed by atoms with Crippen molar-refractivity contribution >= 4 is 43.7 Å². The molecule has 0 bridgehead atoms. The molecule has 3 aromatic rings. The van der Waals surface area contributed by atoms with Gasteiger partial charge in [-0.1, -0.05) is 24.3 Å². The van der Waals surface area contributed by atoms with Crippen LogP contribution in [-0.2, 0) is 54.5 Å². The number of carbonyl (C=O) groups is 3. The summed E-state index contributed by atoms with van der Waals surface area (Å²) in [5.41, 5.74) is -1.70. The van der Waals surface area contributed by atoms with Crippen LogP contribution in [0, 0.1) is 34.7 Å². The SMILES string of the molecule is CC(OC(=O)CCC(=O)N1CCC(COP(=O)(O)O)CC1)OC(=O)O[C@@](Cn1cncn1)(c1ccc(F)cc1F)[C@@H](C)SC1COC(/C=C/C=C/c2ccc(C#N)cc2F)OC1. The van der Waals surface area contributed by atoms with E-state index in [1.807, 2.05) is 6.07 Å². The maximum absolute atomic E-state index is 15.8. The van der Waals surface area contributed by atoms with E-state index in [2.05, 4.69) is 14.6 Å². The van der Waals surface area contributed by atoms with Gasteiger partial charge in [-0.2, -0.15) is 10.4 Å².